The summed E-state index contributed by atoms with van der Waals surface area (Å²) in [7, 11) is 0. The standard InChI is InChI=1S/C16H14Cl2FN/c17-13-3-6-15(18)11(7-13)8-16(9-20-10-16)12-1-4-14(19)5-2-12/h1-7,20H,8-10H2. The van der Waals surface area contributed by atoms with E-state index in [4.69, 9.17) is 23.2 Å². The zero-order valence-electron chi connectivity index (χ0n) is 10.8. The molecule has 0 aliphatic carbocycles. The molecular formula is C16H14Cl2FN. The minimum atomic E-state index is -0.211. The van der Waals surface area contributed by atoms with Crippen LogP contribution in [0.4, 0.5) is 4.39 Å². The summed E-state index contributed by atoms with van der Waals surface area (Å²) in [5, 5.41) is 4.71. The van der Waals surface area contributed by atoms with Gasteiger partial charge in [-0.05, 0) is 47.9 Å². The van der Waals surface area contributed by atoms with Crippen molar-refractivity contribution in [2.24, 2.45) is 0 Å². The summed E-state index contributed by atoms with van der Waals surface area (Å²) in [5.41, 5.74) is 2.14. The number of hydrogen-bond donors (Lipinski definition) is 1. The highest BCUT2D eigenvalue weighted by Crippen LogP contribution is 2.35. The fraction of sp³-hybridized carbons (Fsp3) is 0.250. The van der Waals surface area contributed by atoms with Crippen LogP contribution >= 0.6 is 23.2 Å². The van der Waals surface area contributed by atoms with Crippen LogP contribution in [0.2, 0.25) is 10.0 Å². The minimum Gasteiger partial charge on any atom is -0.315 e. The van der Waals surface area contributed by atoms with E-state index in [0.717, 1.165) is 35.7 Å². The second-order valence-electron chi connectivity index (χ2n) is 5.30. The Balaban J connectivity index is 1.93. The lowest BCUT2D eigenvalue weighted by molar-refractivity contribution is 0.274. The van der Waals surface area contributed by atoms with Crippen molar-refractivity contribution in [2.45, 2.75) is 11.8 Å². The normalized spacial score (nSPS) is 16.8. The molecule has 1 saturated heterocycles. The Hall–Kier alpha value is -1.09. The molecule has 1 N–H and O–H groups in total. The molecule has 1 fully saturated rings. The third-order valence-corrected chi connectivity index (χ3v) is 4.52. The number of hydrogen-bond acceptors (Lipinski definition) is 1. The molecule has 1 nitrogen and oxygen atoms in total. The smallest absolute Gasteiger partial charge is 0.123 e. The van der Waals surface area contributed by atoms with Gasteiger partial charge in [0, 0.05) is 28.5 Å². The van der Waals surface area contributed by atoms with Gasteiger partial charge < -0.3 is 5.32 Å². The van der Waals surface area contributed by atoms with Gasteiger partial charge in [0.25, 0.3) is 0 Å². The van der Waals surface area contributed by atoms with Crippen molar-refractivity contribution in [3.05, 3.63) is 69.5 Å². The first-order valence-corrected chi connectivity index (χ1v) is 7.25. The Morgan fingerprint density at radius 1 is 1.05 bits per heavy atom. The van der Waals surface area contributed by atoms with Crippen LogP contribution in [0.25, 0.3) is 0 Å². The average Bonchev–Trinajstić information content (AvgIpc) is 2.39. The summed E-state index contributed by atoms with van der Waals surface area (Å²) in [6, 6.07) is 12.3. The third-order valence-electron chi connectivity index (χ3n) is 3.92. The first-order chi connectivity index (χ1) is 9.59. The quantitative estimate of drug-likeness (QED) is 0.895. The van der Waals surface area contributed by atoms with Crippen LogP contribution in [0, 0.1) is 5.82 Å². The van der Waals surface area contributed by atoms with Gasteiger partial charge in [0.2, 0.25) is 0 Å². The van der Waals surface area contributed by atoms with E-state index in [-0.39, 0.29) is 11.2 Å². The summed E-state index contributed by atoms with van der Waals surface area (Å²) >= 11 is 12.3. The zero-order chi connectivity index (χ0) is 14.2. The molecule has 3 rings (SSSR count). The van der Waals surface area contributed by atoms with Gasteiger partial charge in [-0.3, -0.25) is 0 Å². The molecule has 0 aromatic heterocycles. The Labute approximate surface area is 127 Å². The van der Waals surface area contributed by atoms with Crippen LogP contribution in [0.3, 0.4) is 0 Å². The van der Waals surface area contributed by atoms with Crippen molar-refractivity contribution in [3.63, 3.8) is 0 Å². The number of rotatable bonds is 3. The van der Waals surface area contributed by atoms with E-state index in [0.29, 0.717) is 5.02 Å². The molecule has 0 amide bonds. The fourth-order valence-electron chi connectivity index (χ4n) is 2.70. The Morgan fingerprint density at radius 2 is 1.75 bits per heavy atom. The Bertz CT molecular complexity index is 621. The minimum absolute atomic E-state index is 0.0258. The summed E-state index contributed by atoms with van der Waals surface area (Å²) in [5.74, 6) is -0.211. The first-order valence-electron chi connectivity index (χ1n) is 6.50. The van der Waals surface area contributed by atoms with Crippen molar-refractivity contribution < 1.29 is 4.39 Å². The molecule has 2 aromatic carbocycles. The lowest BCUT2D eigenvalue weighted by Crippen LogP contribution is -2.58. The van der Waals surface area contributed by atoms with Gasteiger partial charge in [0.15, 0.2) is 0 Å². The van der Waals surface area contributed by atoms with Crippen LogP contribution in [0.1, 0.15) is 11.1 Å². The van der Waals surface area contributed by atoms with E-state index in [9.17, 15) is 4.39 Å². The van der Waals surface area contributed by atoms with Gasteiger partial charge >= 0.3 is 0 Å². The highest BCUT2D eigenvalue weighted by Gasteiger charge is 2.39. The monoisotopic (exact) mass is 309 g/mol. The van der Waals surface area contributed by atoms with Crippen LogP contribution in [0.15, 0.2) is 42.5 Å². The van der Waals surface area contributed by atoms with E-state index >= 15 is 0 Å². The zero-order valence-corrected chi connectivity index (χ0v) is 12.3. The summed E-state index contributed by atoms with van der Waals surface area (Å²) in [6.45, 7) is 1.73. The van der Waals surface area contributed by atoms with Crippen molar-refractivity contribution in [2.75, 3.05) is 13.1 Å². The van der Waals surface area contributed by atoms with Crippen LogP contribution < -0.4 is 5.32 Å². The van der Waals surface area contributed by atoms with Crippen molar-refractivity contribution >= 4 is 23.2 Å². The largest absolute Gasteiger partial charge is 0.315 e. The summed E-state index contributed by atoms with van der Waals surface area (Å²) in [6.07, 6.45) is 0.797. The average molecular weight is 310 g/mol. The molecule has 0 spiro atoms. The van der Waals surface area contributed by atoms with Crippen LogP contribution in [-0.4, -0.2) is 13.1 Å². The Morgan fingerprint density at radius 3 is 2.35 bits per heavy atom. The maximum Gasteiger partial charge on any atom is 0.123 e. The lowest BCUT2D eigenvalue weighted by Gasteiger charge is -2.43. The van der Waals surface area contributed by atoms with Gasteiger partial charge in [0.1, 0.15) is 5.82 Å². The van der Waals surface area contributed by atoms with E-state index in [1.54, 1.807) is 6.07 Å². The molecule has 104 valence electrons. The van der Waals surface area contributed by atoms with Gasteiger partial charge in [-0.15, -0.1) is 0 Å². The second-order valence-corrected chi connectivity index (χ2v) is 6.15. The molecule has 1 heterocycles. The predicted octanol–water partition coefficient (Wildman–Crippen LogP) is 4.22. The topological polar surface area (TPSA) is 12.0 Å². The highest BCUT2D eigenvalue weighted by atomic mass is 35.5. The first kappa shape index (κ1) is 13.9. The van der Waals surface area contributed by atoms with Crippen LogP contribution in [-0.2, 0) is 11.8 Å². The molecule has 0 saturated carbocycles. The number of halogens is 3. The highest BCUT2D eigenvalue weighted by molar-refractivity contribution is 6.33. The summed E-state index contributed by atoms with van der Waals surface area (Å²) < 4.78 is 13.1. The van der Waals surface area contributed by atoms with E-state index in [1.165, 1.54) is 12.1 Å². The maximum atomic E-state index is 13.1. The summed E-state index contributed by atoms with van der Waals surface area (Å²) in [4.78, 5) is 0. The predicted molar refractivity (Wildman–Crippen MR) is 81.1 cm³/mol. The molecule has 0 bridgehead atoms. The molecule has 0 radical (unpaired) electrons. The van der Waals surface area contributed by atoms with Gasteiger partial charge in [-0.2, -0.15) is 0 Å². The molecule has 0 unspecified atom stereocenters. The van der Waals surface area contributed by atoms with Crippen molar-refractivity contribution in [3.8, 4) is 0 Å². The maximum absolute atomic E-state index is 13.1. The number of nitrogens with one attached hydrogen (secondary N) is 1. The van der Waals surface area contributed by atoms with E-state index < -0.39 is 0 Å². The Kier molecular flexibility index (Phi) is 3.72. The van der Waals surface area contributed by atoms with Gasteiger partial charge in [-0.25, -0.2) is 4.39 Å². The van der Waals surface area contributed by atoms with Crippen molar-refractivity contribution in [1.82, 2.24) is 5.32 Å². The van der Waals surface area contributed by atoms with E-state index in [1.807, 2.05) is 24.3 Å². The molecule has 1 aliphatic rings. The molecule has 0 atom stereocenters. The third kappa shape index (κ3) is 2.56. The van der Waals surface area contributed by atoms with E-state index in [2.05, 4.69) is 5.32 Å². The molecule has 1 aliphatic heterocycles. The fourth-order valence-corrected chi connectivity index (χ4v) is 3.08. The van der Waals surface area contributed by atoms with Crippen molar-refractivity contribution in [1.29, 1.82) is 0 Å². The molecular weight excluding hydrogens is 296 g/mol. The molecule has 4 heteroatoms. The second kappa shape index (κ2) is 5.36. The van der Waals surface area contributed by atoms with Gasteiger partial charge in [0.05, 0.1) is 0 Å². The molecule has 2 aromatic rings. The van der Waals surface area contributed by atoms with Gasteiger partial charge in [-0.1, -0.05) is 35.3 Å². The molecule has 20 heavy (non-hydrogen) atoms. The van der Waals surface area contributed by atoms with Crippen LogP contribution in [0.5, 0.6) is 0 Å². The number of benzene rings is 2. The lowest BCUT2D eigenvalue weighted by atomic mass is 9.71. The SMILES string of the molecule is Fc1ccc(C2(Cc3cc(Cl)ccc3Cl)CNC2)cc1.